The lowest BCUT2D eigenvalue weighted by Crippen LogP contribution is -2.45. The Morgan fingerprint density at radius 1 is 1.23 bits per heavy atom. The van der Waals surface area contributed by atoms with E-state index >= 15 is 0 Å². The summed E-state index contributed by atoms with van der Waals surface area (Å²) in [6.07, 6.45) is 3.30. The van der Waals surface area contributed by atoms with E-state index in [9.17, 15) is 14.4 Å². The van der Waals surface area contributed by atoms with Gasteiger partial charge in [0.1, 0.15) is 6.54 Å². The molecule has 0 aliphatic carbocycles. The topological polar surface area (TPSA) is 156 Å². The summed E-state index contributed by atoms with van der Waals surface area (Å²) in [6, 6.07) is 13.3. The Morgan fingerprint density at radius 3 is 2.77 bits per heavy atom. The number of benzene rings is 2. The summed E-state index contributed by atoms with van der Waals surface area (Å²) >= 11 is 0. The number of rotatable bonds is 10. The average molecular weight is 545 g/mol. The largest absolute Gasteiger partial charge is 0.493 e. The fraction of sp³-hybridized carbons (Fsp3) is 0.250. The second-order valence-electron chi connectivity index (χ2n) is 8.67. The lowest BCUT2D eigenvalue weighted by molar-refractivity contribution is -0.139. The van der Waals surface area contributed by atoms with Gasteiger partial charge >= 0.3 is 12.0 Å². The number of hydrogen-bond acceptors (Lipinski definition) is 8. The maximum Gasteiger partial charge on any atom is 0.338 e. The van der Waals surface area contributed by atoms with Crippen LogP contribution in [0.4, 0.5) is 4.79 Å². The number of urea groups is 1. The average Bonchev–Trinajstić information content (AvgIpc) is 3.29. The highest BCUT2D eigenvalue weighted by Gasteiger charge is 2.32. The summed E-state index contributed by atoms with van der Waals surface area (Å²) in [5.41, 5.74) is 5.28. The Morgan fingerprint density at radius 2 is 2.02 bits per heavy atom. The molecule has 12 nitrogen and oxygen atoms in total. The first-order valence-corrected chi connectivity index (χ1v) is 12.4. The van der Waals surface area contributed by atoms with Crippen molar-refractivity contribution in [3.63, 3.8) is 0 Å². The Hall–Kier alpha value is -5.31. The zero-order chi connectivity index (χ0) is 28.6. The molecule has 4 rings (SSSR count). The van der Waals surface area contributed by atoms with Gasteiger partial charge in [0.25, 0.3) is 5.91 Å². The molecule has 3 N–H and O–H groups in total. The minimum atomic E-state index is -0.771. The molecule has 1 aliphatic rings. The van der Waals surface area contributed by atoms with E-state index in [1.54, 1.807) is 42.8 Å². The van der Waals surface area contributed by atoms with Gasteiger partial charge in [-0.1, -0.05) is 24.3 Å². The van der Waals surface area contributed by atoms with Crippen LogP contribution in [-0.4, -0.2) is 49.0 Å². The summed E-state index contributed by atoms with van der Waals surface area (Å²) < 4.78 is 18.0. The van der Waals surface area contributed by atoms with Crippen LogP contribution < -0.4 is 25.5 Å². The smallest absolute Gasteiger partial charge is 0.338 e. The van der Waals surface area contributed by atoms with Crippen LogP contribution in [0.3, 0.4) is 0 Å². The predicted octanol–water partition coefficient (Wildman–Crippen LogP) is 2.89. The van der Waals surface area contributed by atoms with Crippen molar-refractivity contribution < 1.29 is 28.6 Å². The Labute approximate surface area is 230 Å². The van der Waals surface area contributed by atoms with Gasteiger partial charge in [0.2, 0.25) is 0 Å². The van der Waals surface area contributed by atoms with Gasteiger partial charge in [0.05, 0.1) is 37.6 Å². The highest BCUT2D eigenvalue weighted by Crippen LogP contribution is 2.34. The molecule has 2 heterocycles. The molecule has 0 radical (unpaired) electrons. The fourth-order valence-electron chi connectivity index (χ4n) is 4.34. The number of fused-ring (bicyclic) bond motifs is 1. The van der Waals surface area contributed by atoms with Gasteiger partial charge in [-0.05, 0) is 37.6 Å². The van der Waals surface area contributed by atoms with Crippen molar-refractivity contribution in [2.24, 2.45) is 5.10 Å². The van der Waals surface area contributed by atoms with Crippen LogP contribution in [0.15, 0.2) is 65.0 Å². The lowest BCUT2D eigenvalue weighted by atomic mass is 9.95. The normalized spacial score (nSPS) is 14.8. The lowest BCUT2D eigenvalue weighted by Gasteiger charge is -2.28. The van der Waals surface area contributed by atoms with Crippen molar-refractivity contribution >= 4 is 35.0 Å². The molecule has 0 saturated carbocycles. The number of amides is 3. The molecule has 1 aromatic heterocycles. The Kier molecular flexibility index (Phi) is 8.65. The maximum atomic E-state index is 12.6. The number of aromatic nitrogens is 1. The number of nitriles is 1. The molecule has 0 spiro atoms. The molecule has 3 aromatic rings. The Balaban J connectivity index is 1.43. The number of carbonyl (C=O) groups is 3. The van der Waals surface area contributed by atoms with E-state index in [-0.39, 0.29) is 31.1 Å². The van der Waals surface area contributed by atoms with E-state index < -0.39 is 23.9 Å². The minimum absolute atomic E-state index is 0.184. The van der Waals surface area contributed by atoms with E-state index in [1.165, 1.54) is 13.3 Å². The number of ether oxygens (including phenoxy) is 3. The molecule has 0 saturated heterocycles. The first-order valence-electron chi connectivity index (χ1n) is 12.4. The van der Waals surface area contributed by atoms with Crippen LogP contribution in [0, 0.1) is 11.3 Å². The molecule has 3 amide bonds. The van der Waals surface area contributed by atoms with E-state index in [2.05, 4.69) is 27.2 Å². The van der Waals surface area contributed by atoms with E-state index in [0.29, 0.717) is 17.0 Å². The number of carbonyl (C=O) groups excluding carboxylic acids is 3. The summed E-state index contributed by atoms with van der Waals surface area (Å²) in [5, 5.41) is 19.3. The van der Waals surface area contributed by atoms with Crippen molar-refractivity contribution in [3.05, 3.63) is 71.1 Å². The molecule has 0 bridgehead atoms. The van der Waals surface area contributed by atoms with E-state index in [4.69, 9.17) is 19.5 Å². The quantitative estimate of drug-likeness (QED) is 0.201. The molecule has 2 aromatic carbocycles. The second kappa shape index (κ2) is 12.5. The maximum absolute atomic E-state index is 12.6. The third-order valence-corrected chi connectivity index (χ3v) is 6.10. The van der Waals surface area contributed by atoms with Gasteiger partial charge in [-0.15, -0.1) is 0 Å². The van der Waals surface area contributed by atoms with Crippen LogP contribution in [-0.2, 0) is 20.9 Å². The SMILES string of the molecule is CCOC(=O)C1=C(C)NC(=O)N[C@@H]1c1ccc(OCC(=O)N/N=C/c2cn(CC#N)c3ccccc23)c(OC)c1. The number of esters is 1. The van der Waals surface area contributed by atoms with Crippen LogP contribution >= 0.6 is 0 Å². The Bertz CT molecular complexity index is 1550. The van der Waals surface area contributed by atoms with Crippen molar-refractivity contribution in [2.75, 3.05) is 20.3 Å². The molecule has 206 valence electrons. The van der Waals surface area contributed by atoms with Gasteiger partial charge < -0.3 is 29.4 Å². The highest BCUT2D eigenvalue weighted by molar-refractivity contribution is 5.99. The van der Waals surface area contributed by atoms with E-state index in [1.807, 2.05) is 24.3 Å². The minimum Gasteiger partial charge on any atom is -0.493 e. The van der Waals surface area contributed by atoms with Crippen LogP contribution in [0.1, 0.15) is 31.0 Å². The third kappa shape index (κ3) is 6.05. The summed E-state index contributed by atoms with van der Waals surface area (Å²) in [6.45, 7) is 3.35. The van der Waals surface area contributed by atoms with Crippen LogP contribution in [0.25, 0.3) is 10.9 Å². The summed E-state index contributed by atoms with van der Waals surface area (Å²) in [5.74, 6) is -0.475. The predicted molar refractivity (Wildman–Crippen MR) is 146 cm³/mol. The van der Waals surface area contributed by atoms with Crippen LogP contribution in [0.5, 0.6) is 11.5 Å². The summed E-state index contributed by atoms with van der Waals surface area (Å²) in [4.78, 5) is 37.1. The van der Waals surface area contributed by atoms with Crippen molar-refractivity contribution in [2.45, 2.75) is 26.4 Å². The van der Waals surface area contributed by atoms with Crippen LogP contribution in [0.2, 0.25) is 0 Å². The molecule has 1 atom stereocenters. The highest BCUT2D eigenvalue weighted by atomic mass is 16.5. The first kappa shape index (κ1) is 27.7. The number of nitrogens with one attached hydrogen (secondary N) is 3. The molecular formula is C28H28N6O6. The van der Waals surface area contributed by atoms with Gasteiger partial charge in [0, 0.05) is 28.4 Å². The van der Waals surface area contributed by atoms with Crippen molar-refractivity contribution in [3.8, 4) is 17.6 Å². The fourth-order valence-corrected chi connectivity index (χ4v) is 4.34. The zero-order valence-electron chi connectivity index (χ0n) is 22.2. The number of nitrogens with zero attached hydrogens (tertiary/aromatic N) is 3. The van der Waals surface area contributed by atoms with Gasteiger partial charge in [-0.25, -0.2) is 15.0 Å². The van der Waals surface area contributed by atoms with Crippen molar-refractivity contribution in [1.29, 1.82) is 5.26 Å². The number of methoxy groups -OCH3 is 1. The van der Waals surface area contributed by atoms with Gasteiger partial charge in [-0.3, -0.25) is 4.79 Å². The monoisotopic (exact) mass is 544 g/mol. The number of allylic oxidation sites excluding steroid dienone is 1. The number of para-hydroxylation sites is 1. The van der Waals surface area contributed by atoms with Gasteiger partial charge in [0.15, 0.2) is 18.1 Å². The standard InChI is InChI=1S/C28H28N6O6/c1-4-39-27(36)25-17(2)31-28(37)32-26(25)18-9-10-22(23(13-18)38-3)40-16-24(35)33-30-14-19-15-34(12-11-29)21-8-6-5-7-20(19)21/h5-10,13-15,26H,4,12,16H2,1-3H3,(H,33,35)(H2,31,32,37)/b30-14+/t26-/m1/s1. The summed E-state index contributed by atoms with van der Waals surface area (Å²) in [7, 11) is 1.44. The molecule has 40 heavy (non-hydrogen) atoms. The van der Waals surface area contributed by atoms with E-state index in [0.717, 1.165) is 16.5 Å². The first-order chi connectivity index (χ1) is 19.4. The molecule has 1 aliphatic heterocycles. The molecule has 0 fully saturated rings. The second-order valence-corrected chi connectivity index (χ2v) is 8.67. The molecular weight excluding hydrogens is 516 g/mol. The third-order valence-electron chi connectivity index (χ3n) is 6.10. The zero-order valence-corrected chi connectivity index (χ0v) is 22.2. The van der Waals surface area contributed by atoms with Crippen molar-refractivity contribution in [1.82, 2.24) is 20.6 Å². The van der Waals surface area contributed by atoms with Gasteiger partial charge in [-0.2, -0.15) is 10.4 Å². The number of hydrazone groups is 1. The molecule has 0 unspecified atom stereocenters. The molecule has 12 heteroatoms. The number of hydrogen-bond donors (Lipinski definition) is 3.